The van der Waals surface area contributed by atoms with Gasteiger partial charge >= 0.3 is 0 Å². The molecule has 1 saturated heterocycles. The minimum Gasteiger partial charge on any atom is -0.349 e. The Morgan fingerprint density at radius 3 is 2.24 bits per heavy atom. The summed E-state index contributed by atoms with van der Waals surface area (Å²) in [6.45, 7) is 2.04. The first kappa shape index (κ1) is 14.3. The van der Waals surface area contributed by atoms with Crippen molar-refractivity contribution in [3.63, 3.8) is 0 Å². The van der Waals surface area contributed by atoms with E-state index in [1.807, 2.05) is 0 Å². The van der Waals surface area contributed by atoms with Crippen molar-refractivity contribution >= 4 is 11.9 Å². The summed E-state index contributed by atoms with van der Waals surface area (Å²) in [5.74, 6) is 0.716. The highest BCUT2D eigenvalue weighted by molar-refractivity contribution is 5.93. The number of carbonyl (C=O) groups excluding carboxylic acids is 1. The minimum absolute atomic E-state index is 0.0325. The van der Waals surface area contributed by atoms with Crippen LogP contribution in [0.25, 0.3) is 0 Å². The van der Waals surface area contributed by atoms with Crippen molar-refractivity contribution in [3.05, 3.63) is 18.0 Å². The molecule has 1 aromatic heterocycles. The van der Waals surface area contributed by atoms with Gasteiger partial charge in [-0.1, -0.05) is 25.7 Å². The van der Waals surface area contributed by atoms with Crippen LogP contribution in [-0.4, -0.2) is 35.0 Å². The Kier molecular flexibility index (Phi) is 4.68. The first-order valence-electron chi connectivity index (χ1n) is 8.21. The van der Waals surface area contributed by atoms with E-state index >= 15 is 0 Å². The third-order valence-electron chi connectivity index (χ3n) is 4.48. The van der Waals surface area contributed by atoms with E-state index in [1.54, 1.807) is 12.4 Å². The van der Waals surface area contributed by atoms with Gasteiger partial charge in [0.25, 0.3) is 5.91 Å². The van der Waals surface area contributed by atoms with Crippen molar-refractivity contribution in [2.75, 3.05) is 18.0 Å². The predicted octanol–water partition coefficient (Wildman–Crippen LogP) is 2.53. The number of aromatic nitrogens is 2. The molecule has 3 rings (SSSR count). The molecule has 21 heavy (non-hydrogen) atoms. The van der Waals surface area contributed by atoms with E-state index in [-0.39, 0.29) is 5.91 Å². The van der Waals surface area contributed by atoms with Crippen molar-refractivity contribution in [2.45, 2.75) is 57.4 Å². The molecule has 1 aliphatic heterocycles. The van der Waals surface area contributed by atoms with Crippen LogP contribution in [0.2, 0.25) is 0 Å². The number of carbonyl (C=O) groups is 1. The molecule has 0 bridgehead atoms. The number of hydrogen-bond donors (Lipinski definition) is 1. The van der Waals surface area contributed by atoms with Crippen LogP contribution >= 0.6 is 0 Å². The number of nitrogens with one attached hydrogen (secondary N) is 1. The van der Waals surface area contributed by atoms with Crippen LogP contribution in [0.1, 0.15) is 61.7 Å². The summed E-state index contributed by atoms with van der Waals surface area (Å²) in [6, 6.07) is 0.318. The van der Waals surface area contributed by atoms with Gasteiger partial charge in [-0.15, -0.1) is 0 Å². The second kappa shape index (κ2) is 6.87. The number of anilines is 1. The zero-order chi connectivity index (χ0) is 14.5. The second-order valence-electron chi connectivity index (χ2n) is 6.13. The van der Waals surface area contributed by atoms with Crippen LogP contribution in [0, 0.1) is 0 Å². The van der Waals surface area contributed by atoms with Crippen LogP contribution in [0.5, 0.6) is 0 Å². The second-order valence-corrected chi connectivity index (χ2v) is 6.13. The standard InChI is InChI=1S/C16H24N4O/c21-15(19-14-7-3-1-2-4-8-14)13-11-17-16(18-12-13)20-9-5-6-10-20/h11-12,14H,1-10H2,(H,19,21). The fourth-order valence-electron chi connectivity index (χ4n) is 3.21. The van der Waals surface area contributed by atoms with E-state index < -0.39 is 0 Å². The Morgan fingerprint density at radius 1 is 1.00 bits per heavy atom. The molecule has 2 fully saturated rings. The van der Waals surface area contributed by atoms with Gasteiger partial charge in [-0.3, -0.25) is 4.79 Å². The van der Waals surface area contributed by atoms with Gasteiger partial charge in [-0.25, -0.2) is 9.97 Å². The lowest BCUT2D eigenvalue weighted by Gasteiger charge is -2.17. The maximum Gasteiger partial charge on any atom is 0.254 e. The van der Waals surface area contributed by atoms with Crippen LogP contribution in [0.3, 0.4) is 0 Å². The van der Waals surface area contributed by atoms with Gasteiger partial charge in [0.05, 0.1) is 5.56 Å². The molecule has 5 heteroatoms. The highest BCUT2D eigenvalue weighted by Gasteiger charge is 2.18. The number of amides is 1. The van der Waals surface area contributed by atoms with E-state index in [2.05, 4.69) is 20.2 Å². The normalized spacial score (nSPS) is 20.3. The van der Waals surface area contributed by atoms with Crippen molar-refractivity contribution in [1.82, 2.24) is 15.3 Å². The molecular formula is C16H24N4O. The zero-order valence-electron chi connectivity index (χ0n) is 12.6. The summed E-state index contributed by atoms with van der Waals surface area (Å²) < 4.78 is 0. The van der Waals surface area contributed by atoms with Gasteiger partial charge in [-0.2, -0.15) is 0 Å². The third-order valence-corrected chi connectivity index (χ3v) is 4.48. The molecule has 1 amide bonds. The number of nitrogens with zero attached hydrogens (tertiary/aromatic N) is 3. The van der Waals surface area contributed by atoms with Gasteiger partial charge in [0.15, 0.2) is 0 Å². The molecule has 114 valence electrons. The lowest BCUT2D eigenvalue weighted by molar-refractivity contribution is 0.0932. The summed E-state index contributed by atoms with van der Waals surface area (Å²) >= 11 is 0. The van der Waals surface area contributed by atoms with Gasteiger partial charge in [0, 0.05) is 31.5 Å². The molecule has 1 saturated carbocycles. The highest BCUT2D eigenvalue weighted by atomic mass is 16.1. The van der Waals surface area contributed by atoms with Crippen LogP contribution in [-0.2, 0) is 0 Å². The molecule has 5 nitrogen and oxygen atoms in total. The Morgan fingerprint density at radius 2 is 1.62 bits per heavy atom. The fraction of sp³-hybridized carbons (Fsp3) is 0.688. The Balaban J connectivity index is 1.58. The molecule has 0 atom stereocenters. The van der Waals surface area contributed by atoms with Crippen LogP contribution in [0.15, 0.2) is 12.4 Å². The highest BCUT2D eigenvalue weighted by Crippen LogP contribution is 2.18. The first-order valence-corrected chi connectivity index (χ1v) is 8.21. The molecule has 2 heterocycles. The zero-order valence-corrected chi connectivity index (χ0v) is 12.6. The fourth-order valence-corrected chi connectivity index (χ4v) is 3.21. The van der Waals surface area contributed by atoms with E-state index in [1.165, 1.54) is 38.5 Å². The van der Waals surface area contributed by atoms with Gasteiger partial charge < -0.3 is 10.2 Å². The molecule has 1 aliphatic carbocycles. The van der Waals surface area contributed by atoms with E-state index in [4.69, 9.17) is 0 Å². The summed E-state index contributed by atoms with van der Waals surface area (Å²) in [7, 11) is 0. The minimum atomic E-state index is -0.0325. The predicted molar refractivity (Wildman–Crippen MR) is 82.4 cm³/mol. The molecule has 0 aromatic carbocycles. The largest absolute Gasteiger partial charge is 0.349 e. The average molecular weight is 288 g/mol. The van der Waals surface area contributed by atoms with Crippen molar-refractivity contribution in [3.8, 4) is 0 Å². The maximum atomic E-state index is 12.3. The van der Waals surface area contributed by atoms with Crippen molar-refractivity contribution in [2.24, 2.45) is 0 Å². The Labute approximate surface area is 126 Å². The summed E-state index contributed by atoms with van der Waals surface area (Å²) in [4.78, 5) is 23.1. The first-order chi connectivity index (χ1) is 10.3. The Hall–Kier alpha value is -1.65. The molecule has 1 N–H and O–H groups in total. The number of hydrogen-bond acceptors (Lipinski definition) is 4. The molecular weight excluding hydrogens is 264 g/mol. The maximum absolute atomic E-state index is 12.3. The molecule has 2 aliphatic rings. The van der Waals surface area contributed by atoms with Crippen molar-refractivity contribution in [1.29, 1.82) is 0 Å². The molecule has 1 aromatic rings. The molecule has 0 unspecified atom stereocenters. The smallest absolute Gasteiger partial charge is 0.254 e. The summed E-state index contributed by atoms with van der Waals surface area (Å²) in [5.41, 5.74) is 0.571. The lowest BCUT2D eigenvalue weighted by Crippen LogP contribution is -2.34. The number of rotatable bonds is 3. The van der Waals surface area contributed by atoms with Crippen LogP contribution < -0.4 is 10.2 Å². The van der Waals surface area contributed by atoms with Gasteiger partial charge in [0.1, 0.15) is 0 Å². The van der Waals surface area contributed by atoms with E-state index in [0.717, 1.165) is 31.9 Å². The molecule has 0 spiro atoms. The van der Waals surface area contributed by atoms with E-state index in [9.17, 15) is 4.79 Å². The summed E-state index contributed by atoms with van der Waals surface area (Å²) in [5, 5.41) is 3.13. The topological polar surface area (TPSA) is 58.1 Å². The van der Waals surface area contributed by atoms with Gasteiger partial charge in [-0.05, 0) is 25.7 Å². The molecule has 0 radical (unpaired) electrons. The summed E-state index contributed by atoms with van der Waals surface area (Å²) in [6.07, 6.45) is 12.9. The van der Waals surface area contributed by atoms with Crippen molar-refractivity contribution < 1.29 is 4.79 Å². The lowest BCUT2D eigenvalue weighted by atomic mass is 10.1. The SMILES string of the molecule is O=C(NC1CCCCCC1)c1cnc(N2CCCC2)nc1. The van der Waals surface area contributed by atoms with E-state index in [0.29, 0.717) is 11.6 Å². The van der Waals surface area contributed by atoms with Crippen LogP contribution in [0.4, 0.5) is 5.95 Å². The monoisotopic (exact) mass is 288 g/mol. The quantitative estimate of drug-likeness (QED) is 0.868. The average Bonchev–Trinajstić information content (AvgIpc) is 2.93. The van der Waals surface area contributed by atoms with Gasteiger partial charge in [0.2, 0.25) is 5.95 Å². The Bertz CT molecular complexity index is 460. The third kappa shape index (κ3) is 3.71.